The molecule has 0 amide bonds. The lowest BCUT2D eigenvalue weighted by molar-refractivity contribution is 0.105. The third-order valence-electron chi connectivity index (χ3n) is 2.95. The number of hydrogen-bond donors (Lipinski definition) is 3. The molecule has 0 fully saturated rings. The molecule has 1 aromatic carbocycles. The number of nitrogens with zero attached hydrogens (tertiary/aromatic N) is 1. The average molecular weight is 302 g/mol. The summed E-state index contributed by atoms with van der Waals surface area (Å²) in [6.45, 7) is 4.07. The fraction of sp³-hybridized carbons (Fsp3) is 0.538. The largest absolute Gasteiger partial charge is 0.394 e. The molecule has 20 heavy (non-hydrogen) atoms. The highest BCUT2D eigenvalue weighted by Gasteiger charge is 2.24. The quantitative estimate of drug-likeness (QED) is 0.650. The number of anilines is 1. The van der Waals surface area contributed by atoms with Gasteiger partial charge in [-0.3, -0.25) is 0 Å². The van der Waals surface area contributed by atoms with Gasteiger partial charge in [-0.25, -0.2) is 8.42 Å². The molecule has 0 heterocycles. The van der Waals surface area contributed by atoms with Crippen LogP contribution in [0.4, 0.5) is 5.69 Å². The number of aliphatic hydroxyl groups excluding tert-OH is 2. The van der Waals surface area contributed by atoms with Gasteiger partial charge in [0.2, 0.25) is 10.0 Å². The van der Waals surface area contributed by atoms with E-state index in [9.17, 15) is 13.5 Å². The van der Waals surface area contributed by atoms with Crippen LogP contribution in [0, 0.1) is 0 Å². The summed E-state index contributed by atoms with van der Waals surface area (Å²) in [4.78, 5) is 0.175. The van der Waals surface area contributed by atoms with E-state index in [1.165, 1.54) is 10.4 Å². The Morgan fingerprint density at radius 3 is 2.40 bits per heavy atom. The van der Waals surface area contributed by atoms with Crippen LogP contribution >= 0.6 is 0 Å². The van der Waals surface area contributed by atoms with Crippen molar-refractivity contribution >= 4 is 15.7 Å². The lowest BCUT2D eigenvalue weighted by atomic mass is 10.3. The summed E-state index contributed by atoms with van der Waals surface area (Å²) < 4.78 is 26.4. The van der Waals surface area contributed by atoms with E-state index in [2.05, 4.69) is 5.32 Å². The molecule has 6 nitrogen and oxygen atoms in total. The lowest BCUT2D eigenvalue weighted by Crippen LogP contribution is -2.31. The molecule has 7 heteroatoms. The van der Waals surface area contributed by atoms with Gasteiger partial charge >= 0.3 is 0 Å². The maximum atomic E-state index is 12.5. The molecule has 0 saturated carbocycles. The normalized spacial score (nSPS) is 13.4. The summed E-state index contributed by atoms with van der Waals surface area (Å²) in [5, 5.41) is 21.0. The van der Waals surface area contributed by atoms with Crippen LogP contribution in [0.2, 0.25) is 0 Å². The van der Waals surface area contributed by atoms with Crippen molar-refractivity contribution in [2.45, 2.75) is 24.8 Å². The summed E-state index contributed by atoms with van der Waals surface area (Å²) >= 11 is 0. The molecule has 0 bridgehead atoms. The number of aliphatic hydroxyl groups is 2. The molecule has 0 spiro atoms. The number of benzene rings is 1. The predicted octanol–water partition coefficient (Wildman–Crippen LogP) is 0.482. The molecule has 0 aliphatic heterocycles. The highest BCUT2D eigenvalue weighted by Crippen LogP contribution is 2.24. The van der Waals surface area contributed by atoms with E-state index in [4.69, 9.17) is 5.11 Å². The molecule has 3 N–H and O–H groups in total. The van der Waals surface area contributed by atoms with Crippen LogP contribution in [0.3, 0.4) is 0 Å². The van der Waals surface area contributed by atoms with Gasteiger partial charge in [0, 0.05) is 19.6 Å². The Kier molecular flexibility index (Phi) is 6.41. The van der Waals surface area contributed by atoms with Crippen molar-refractivity contribution in [1.29, 1.82) is 0 Å². The van der Waals surface area contributed by atoms with E-state index in [0.717, 1.165) is 0 Å². The lowest BCUT2D eigenvalue weighted by Gasteiger charge is -2.21. The number of nitrogens with one attached hydrogen (secondary N) is 1. The first kappa shape index (κ1) is 16.9. The molecule has 1 rings (SSSR count). The first-order valence-electron chi connectivity index (χ1n) is 6.59. The minimum Gasteiger partial charge on any atom is -0.394 e. The summed E-state index contributed by atoms with van der Waals surface area (Å²) in [7, 11) is -3.56. The Morgan fingerprint density at radius 1 is 1.25 bits per heavy atom. The van der Waals surface area contributed by atoms with Gasteiger partial charge in [-0.05, 0) is 12.1 Å². The first-order valence-corrected chi connectivity index (χ1v) is 8.03. The topological polar surface area (TPSA) is 89.9 Å². The Morgan fingerprint density at radius 2 is 1.85 bits per heavy atom. The van der Waals surface area contributed by atoms with E-state index in [1.807, 2.05) is 0 Å². The Labute approximate surface area is 120 Å². The predicted molar refractivity (Wildman–Crippen MR) is 78.1 cm³/mol. The number of hydrogen-bond acceptors (Lipinski definition) is 5. The second-order valence-electron chi connectivity index (χ2n) is 4.30. The molecule has 1 aromatic rings. The fourth-order valence-electron chi connectivity index (χ4n) is 1.83. The Bertz CT molecular complexity index is 515. The maximum Gasteiger partial charge on any atom is 0.245 e. The van der Waals surface area contributed by atoms with E-state index in [-0.39, 0.29) is 18.0 Å². The average Bonchev–Trinajstić information content (AvgIpc) is 2.46. The second kappa shape index (κ2) is 7.58. The standard InChI is InChI=1S/C13H22N2O4S/c1-3-15(4-2)20(18,19)13-8-6-5-7-12(13)14-9-11(17)10-16/h5-8,11,14,16-17H,3-4,9-10H2,1-2H3. The summed E-state index contributed by atoms with van der Waals surface area (Å²) in [6.07, 6.45) is -0.931. The molecular formula is C13H22N2O4S. The minimum absolute atomic E-state index is 0.0846. The highest BCUT2D eigenvalue weighted by atomic mass is 32.2. The van der Waals surface area contributed by atoms with Gasteiger partial charge in [0.05, 0.1) is 18.4 Å². The molecule has 0 saturated heterocycles. The van der Waals surface area contributed by atoms with Crippen LogP contribution in [-0.2, 0) is 10.0 Å². The molecular weight excluding hydrogens is 280 g/mol. The van der Waals surface area contributed by atoms with Crippen molar-refractivity contribution in [3.63, 3.8) is 0 Å². The van der Waals surface area contributed by atoms with Crippen LogP contribution in [0.1, 0.15) is 13.8 Å². The van der Waals surface area contributed by atoms with Crippen LogP contribution < -0.4 is 5.32 Å². The molecule has 0 aliphatic rings. The summed E-state index contributed by atoms with van der Waals surface area (Å²) in [6, 6.07) is 6.54. The minimum atomic E-state index is -3.56. The van der Waals surface area contributed by atoms with Crippen molar-refractivity contribution in [3.05, 3.63) is 24.3 Å². The molecule has 0 aliphatic carbocycles. The Balaban J connectivity index is 3.06. The van der Waals surface area contributed by atoms with Gasteiger partial charge in [0.1, 0.15) is 4.90 Å². The zero-order chi connectivity index (χ0) is 15.2. The zero-order valence-electron chi connectivity index (χ0n) is 11.8. The van der Waals surface area contributed by atoms with Crippen LogP contribution in [-0.4, -0.2) is 55.3 Å². The van der Waals surface area contributed by atoms with Gasteiger partial charge < -0.3 is 15.5 Å². The van der Waals surface area contributed by atoms with Gasteiger partial charge in [-0.2, -0.15) is 4.31 Å². The molecule has 114 valence electrons. The van der Waals surface area contributed by atoms with E-state index in [1.54, 1.807) is 32.0 Å². The Hall–Kier alpha value is -1.15. The third kappa shape index (κ3) is 3.92. The van der Waals surface area contributed by atoms with Crippen molar-refractivity contribution < 1.29 is 18.6 Å². The van der Waals surface area contributed by atoms with E-state index >= 15 is 0 Å². The highest BCUT2D eigenvalue weighted by molar-refractivity contribution is 7.89. The number of rotatable bonds is 8. The molecule has 1 unspecified atom stereocenters. The third-order valence-corrected chi connectivity index (χ3v) is 5.06. The van der Waals surface area contributed by atoms with E-state index < -0.39 is 16.1 Å². The van der Waals surface area contributed by atoms with Crippen molar-refractivity contribution in [3.8, 4) is 0 Å². The van der Waals surface area contributed by atoms with Crippen molar-refractivity contribution in [1.82, 2.24) is 4.31 Å². The van der Waals surface area contributed by atoms with Gasteiger partial charge in [0.25, 0.3) is 0 Å². The van der Waals surface area contributed by atoms with Gasteiger partial charge in [-0.1, -0.05) is 26.0 Å². The number of sulfonamides is 1. The molecule has 1 atom stereocenters. The van der Waals surface area contributed by atoms with E-state index in [0.29, 0.717) is 18.8 Å². The second-order valence-corrected chi connectivity index (χ2v) is 6.21. The zero-order valence-corrected chi connectivity index (χ0v) is 12.6. The maximum absolute atomic E-state index is 12.5. The summed E-state index contributed by atoms with van der Waals surface area (Å²) in [5.41, 5.74) is 0.423. The van der Waals surface area contributed by atoms with Crippen LogP contribution in [0.15, 0.2) is 29.2 Å². The molecule has 0 aromatic heterocycles. The summed E-state index contributed by atoms with van der Waals surface area (Å²) in [5.74, 6) is 0. The van der Waals surface area contributed by atoms with Gasteiger partial charge in [-0.15, -0.1) is 0 Å². The number of para-hydroxylation sites is 1. The van der Waals surface area contributed by atoms with Crippen LogP contribution in [0.5, 0.6) is 0 Å². The van der Waals surface area contributed by atoms with Crippen LogP contribution in [0.25, 0.3) is 0 Å². The fourth-order valence-corrected chi connectivity index (χ4v) is 3.46. The van der Waals surface area contributed by atoms with Crippen molar-refractivity contribution in [2.75, 3.05) is 31.6 Å². The SMILES string of the molecule is CCN(CC)S(=O)(=O)c1ccccc1NCC(O)CO. The first-order chi connectivity index (χ1) is 9.47. The van der Waals surface area contributed by atoms with Crippen molar-refractivity contribution in [2.24, 2.45) is 0 Å². The van der Waals surface area contributed by atoms with Gasteiger partial charge in [0.15, 0.2) is 0 Å². The molecule has 0 radical (unpaired) electrons. The smallest absolute Gasteiger partial charge is 0.245 e. The monoisotopic (exact) mass is 302 g/mol.